The van der Waals surface area contributed by atoms with Gasteiger partial charge in [0, 0.05) is 5.69 Å². The van der Waals surface area contributed by atoms with Crippen LogP contribution < -0.4 is 14.8 Å². The molecule has 0 radical (unpaired) electrons. The lowest BCUT2D eigenvalue weighted by atomic mass is 10.2. The van der Waals surface area contributed by atoms with Crippen molar-refractivity contribution in [2.24, 2.45) is 0 Å². The number of benzene rings is 2. The molecule has 0 heterocycles. The monoisotopic (exact) mass is 310 g/mol. The van der Waals surface area contributed by atoms with Crippen LogP contribution in [0.4, 0.5) is 5.69 Å². The molecule has 1 N–H and O–H groups in total. The summed E-state index contributed by atoms with van der Waals surface area (Å²) in [6.45, 7) is 4.18. The summed E-state index contributed by atoms with van der Waals surface area (Å²) in [6.07, 6.45) is -0.658. The van der Waals surface area contributed by atoms with Crippen molar-refractivity contribution in [3.8, 4) is 17.6 Å². The fraction of sp³-hybridized carbons (Fsp3) is 0.222. The molecule has 0 saturated heterocycles. The van der Waals surface area contributed by atoms with Crippen LogP contribution >= 0.6 is 0 Å². The lowest BCUT2D eigenvalue weighted by molar-refractivity contribution is -0.122. The van der Waals surface area contributed by atoms with Gasteiger partial charge in [-0.2, -0.15) is 5.26 Å². The number of nitriles is 1. The molecule has 5 heteroatoms. The third-order valence-electron chi connectivity index (χ3n) is 3.10. The van der Waals surface area contributed by atoms with E-state index in [-0.39, 0.29) is 5.91 Å². The first-order valence-corrected chi connectivity index (χ1v) is 7.33. The molecule has 0 bridgehead atoms. The van der Waals surface area contributed by atoms with E-state index >= 15 is 0 Å². The molecule has 23 heavy (non-hydrogen) atoms. The molecule has 1 atom stereocenters. The van der Waals surface area contributed by atoms with E-state index in [1.54, 1.807) is 55.5 Å². The average molecular weight is 310 g/mol. The summed E-state index contributed by atoms with van der Waals surface area (Å²) in [5.41, 5.74) is 1.22. The Morgan fingerprint density at radius 1 is 1.13 bits per heavy atom. The molecule has 0 saturated carbocycles. The zero-order valence-electron chi connectivity index (χ0n) is 13.1. The van der Waals surface area contributed by atoms with Gasteiger partial charge in [-0.1, -0.05) is 0 Å². The highest BCUT2D eigenvalue weighted by molar-refractivity contribution is 5.94. The van der Waals surface area contributed by atoms with Crippen molar-refractivity contribution < 1.29 is 14.3 Å². The molecule has 1 unspecified atom stereocenters. The van der Waals surface area contributed by atoms with Crippen molar-refractivity contribution in [3.05, 3.63) is 54.1 Å². The van der Waals surface area contributed by atoms with E-state index in [0.717, 1.165) is 5.75 Å². The van der Waals surface area contributed by atoms with Gasteiger partial charge in [0.25, 0.3) is 5.91 Å². The fourth-order valence-electron chi connectivity index (χ4n) is 1.91. The first-order valence-electron chi connectivity index (χ1n) is 7.33. The molecule has 0 aliphatic rings. The van der Waals surface area contributed by atoms with Gasteiger partial charge < -0.3 is 14.8 Å². The van der Waals surface area contributed by atoms with Gasteiger partial charge in [0.15, 0.2) is 6.10 Å². The summed E-state index contributed by atoms with van der Waals surface area (Å²) in [7, 11) is 0. The molecule has 0 spiro atoms. The Balaban J connectivity index is 1.92. The van der Waals surface area contributed by atoms with Gasteiger partial charge >= 0.3 is 0 Å². The molecular weight excluding hydrogens is 292 g/mol. The van der Waals surface area contributed by atoms with Gasteiger partial charge in [-0.25, -0.2) is 0 Å². The first kappa shape index (κ1) is 16.4. The second-order valence-electron chi connectivity index (χ2n) is 4.84. The van der Waals surface area contributed by atoms with Crippen molar-refractivity contribution in [1.82, 2.24) is 0 Å². The summed E-state index contributed by atoms with van der Waals surface area (Å²) in [4.78, 5) is 12.1. The molecule has 118 valence electrons. The average Bonchev–Trinajstić information content (AvgIpc) is 2.57. The normalized spacial score (nSPS) is 11.2. The number of anilines is 1. The van der Waals surface area contributed by atoms with Crippen molar-refractivity contribution in [2.45, 2.75) is 20.0 Å². The molecule has 5 nitrogen and oxygen atoms in total. The molecule has 0 aliphatic heterocycles. The van der Waals surface area contributed by atoms with Crippen molar-refractivity contribution in [2.75, 3.05) is 11.9 Å². The summed E-state index contributed by atoms with van der Waals surface area (Å²) >= 11 is 0. The van der Waals surface area contributed by atoms with E-state index < -0.39 is 6.10 Å². The lowest BCUT2D eigenvalue weighted by Gasteiger charge is -2.15. The Hall–Kier alpha value is -3.00. The van der Waals surface area contributed by atoms with Gasteiger partial charge in [-0.3, -0.25) is 4.79 Å². The SMILES string of the molecule is CCOc1ccc(NC(=O)C(C)Oc2ccc(C#N)cc2)cc1. The number of carbonyl (C=O) groups is 1. The summed E-state index contributed by atoms with van der Waals surface area (Å²) in [5, 5.41) is 11.5. The van der Waals surface area contributed by atoms with Crippen LogP contribution in [0, 0.1) is 11.3 Å². The van der Waals surface area contributed by atoms with E-state index in [9.17, 15) is 4.79 Å². The second-order valence-corrected chi connectivity index (χ2v) is 4.84. The summed E-state index contributed by atoms with van der Waals surface area (Å²) < 4.78 is 10.9. The van der Waals surface area contributed by atoms with Crippen molar-refractivity contribution >= 4 is 11.6 Å². The predicted octanol–water partition coefficient (Wildman–Crippen LogP) is 3.36. The van der Waals surface area contributed by atoms with Gasteiger partial charge in [-0.05, 0) is 62.4 Å². The van der Waals surface area contributed by atoms with E-state index in [1.807, 2.05) is 13.0 Å². The van der Waals surface area contributed by atoms with E-state index in [0.29, 0.717) is 23.6 Å². The number of carbonyl (C=O) groups excluding carboxylic acids is 1. The molecule has 0 fully saturated rings. The van der Waals surface area contributed by atoms with Crippen LogP contribution in [0.2, 0.25) is 0 Å². The third kappa shape index (κ3) is 4.75. The molecule has 2 aromatic carbocycles. The molecular formula is C18H18N2O3. The summed E-state index contributed by atoms with van der Waals surface area (Å²) in [6, 6.07) is 15.8. The number of rotatable bonds is 6. The number of hydrogen-bond acceptors (Lipinski definition) is 4. The van der Waals surface area contributed by atoms with Crippen LogP contribution in [0.25, 0.3) is 0 Å². The first-order chi connectivity index (χ1) is 11.1. The minimum absolute atomic E-state index is 0.251. The Morgan fingerprint density at radius 3 is 2.30 bits per heavy atom. The van der Waals surface area contributed by atoms with Crippen LogP contribution in [0.1, 0.15) is 19.4 Å². The zero-order chi connectivity index (χ0) is 16.7. The van der Waals surface area contributed by atoms with E-state index in [4.69, 9.17) is 14.7 Å². The van der Waals surface area contributed by atoms with Gasteiger partial charge in [0.05, 0.1) is 18.2 Å². The van der Waals surface area contributed by atoms with Crippen LogP contribution in [0.3, 0.4) is 0 Å². The Bertz CT molecular complexity index is 688. The highest BCUT2D eigenvalue weighted by Crippen LogP contribution is 2.17. The maximum atomic E-state index is 12.1. The van der Waals surface area contributed by atoms with Crippen LogP contribution in [0.15, 0.2) is 48.5 Å². The number of nitrogens with zero attached hydrogens (tertiary/aromatic N) is 1. The minimum Gasteiger partial charge on any atom is -0.494 e. The van der Waals surface area contributed by atoms with Crippen LogP contribution in [-0.4, -0.2) is 18.6 Å². The van der Waals surface area contributed by atoms with Crippen LogP contribution in [-0.2, 0) is 4.79 Å². The minimum atomic E-state index is -0.658. The van der Waals surface area contributed by atoms with Crippen molar-refractivity contribution in [1.29, 1.82) is 5.26 Å². The lowest BCUT2D eigenvalue weighted by Crippen LogP contribution is -2.30. The molecule has 0 aliphatic carbocycles. The molecule has 2 rings (SSSR count). The maximum absolute atomic E-state index is 12.1. The molecule has 2 aromatic rings. The number of ether oxygens (including phenoxy) is 2. The van der Waals surface area contributed by atoms with E-state index in [1.165, 1.54) is 0 Å². The number of nitrogens with one attached hydrogen (secondary N) is 1. The Kier molecular flexibility index (Phi) is 5.59. The highest BCUT2D eigenvalue weighted by atomic mass is 16.5. The zero-order valence-corrected chi connectivity index (χ0v) is 13.1. The molecule has 0 aromatic heterocycles. The maximum Gasteiger partial charge on any atom is 0.265 e. The third-order valence-corrected chi connectivity index (χ3v) is 3.10. The Morgan fingerprint density at radius 2 is 1.74 bits per heavy atom. The van der Waals surface area contributed by atoms with Gasteiger partial charge in [-0.15, -0.1) is 0 Å². The smallest absolute Gasteiger partial charge is 0.265 e. The number of amides is 1. The van der Waals surface area contributed by atoms with Gasteiger partial charge in [0.1, 0.15) is 11.5 Å². The van der Waals surface area contributed by atoms with E-state index in [2.05, 4.69) is 5.32 Å². The molecule has 1 amide bonds. The predicted molar refractivity (Wildman–Crippen MR) is 87.5 cm³/mol. The largest absolute Gasteiger partial charge is 0.494 e. The van der Waals surface area contributed by atoms with Crippen molar-refractivity contribution in [3.63, 3.8) is 0 Å². The fourth-order valence-corrected chi connectivity index (χ4v) is 1.91. The number of hydrogen-bond donors (Lipinski definition) is 1. The van der Waals surface area contributed by atoms with Crippen LogP contribution in [0.5, 0.6) is 11.5 Å². The Labute approximate surface area is 135 Å². The van der Waals surface area contributed by atoms with Gasteiger partial charge in [0.2, 0.25) is 0 Å². The topological polar surface area (TPSA) is 71.3 Å². The highest BCUT2D eigenvalue weighted by Gasteiger charge is 2.14. The quantitative estimate of drug-likeness (QED) is 0.888. The second kappa shape index (κ2) is 7.85. The summed E-state index contributed by atoms with van der Waals surface area (Å²) in [5.74, 6) is 1.05. The standard InChI is InChI=1S/C18H18N2O3/c1-3-22-16-10-6-15(7-11-16)20-18(21)13(2)23-17-8-4-14(12-19)5-9-17/h4-11,13H,3H2,1-2H3,(H,20,21).